The summed E-state index contributed by atoms with van der Waals surface area (Å²) in [7, 11) is 1.98. The normalized spacial score (nSPS) is 13.8. The Hall–Kier alpha value is -1.65. The number of carbonyl (C=O) groups is 1. The number of aromatic nitrogens is 2. The number of carbonyl (C=O) groups excluding carboxylic acids is 1. The lowest BCUT2D eigenvalue weighted by atomic mass is 9.96. The van der Waals surface area contributed by atoms with Crippen LogP contribution in [0.5, 0.6) is 0 Å². The number of ether oxygens (including phenoxy) is 1. The third-order valence-corrected chi connectivity index (χ3v) is 3.59. The van der Waals surface area contributed by atoms with Crippen molar-refractivity contribution < 1.29 is 9.53 Å². The fourth-order valence-corrected chi connectivity index (χ4v) is 2.61. The Morgan fingerprint density at radius 1 is 1.30 bits per heavy atom. The molecule has 0 radical (unpaired) electrons. The van der Waals surface area contributed by atoms with Gasteiger partial charge in [0, 0.05) is 24.8 Å². The van der Waals surface area contributed by atoms with Crippen LogP contribution in [-0.2, 0) is 22.4 Å². The van der Waals surface area contributed by atoms with Crippen LogP contribution in [0.2, 0.25) is 0 Å². The number of hydrogen-bond acceptors (Lipinski definition) is 5. The van der Waals surface area contributed by atoms with E-state index in [2.05, 4.69) is 14.9 Å². The summed E-state index contributed by atoms with van der Waals surface area (Å²) in [6.07, 6.45) is 4.86. The molecule has 0 saturated heterocycles. The fraction of sp³-hybridized carbons (Fsp3) is 0.667. The molecular formula is C15H23N3O2. The van der Waals surface area contributed by atoms with Gasteiger partial charge in [-0.15, -0.1) is 0 Å². The molecule has 20 heavy (non-hydrogen) atoms. The van der Waals surface area contributed by atoms with Gasteiger partial charge in [-0.05, 0) is 39.5 Å². The minimum Gasteiger partial charge on any atom is -0.466 e. The van der Waals surface area contributed by atoms with Crippen molar-refractivity contribution in [3.8, 4) is 0 Å². The van der Waals surface area contributed by atoms with E-state index in [4.69, 9.17) is 4.74 Å². The van der Waals surface area contributed by atoms with Crippen LogP contribution in [0.15, 0.2) is 0 Å². The zero-order valence-corrected chi connectivity index (χ0v) is 12.6. The van der Waals surface area contributed by atoms with Crippen molar-refractivity contribution in [2.24, 2.45) is 0 Å². The molecule has 1 aromatic rings. The van der Waals surface area contributed by atoms with E-state index in [0.29, 0.717) is 19.6 Å². The average Bonchev–Trinajstić information content (AvgIpc) is 2.44. The van der Waals surface area contributed by atoms with Crippen molar-refractivity contribution in [3.63, 3.8) is 0 Å². The largest absolute Gasteiger partial charge is 0.466 e. The lowest BCUT2D eigenvalue weighted by Crippen LogP contribution is -2.26. The zero-order valence-electron chi connectivity index (χ0n) is 12.6. The van der Waals surface area contributed by atoms with Gasteiger partial charge in [-0.25, -0.2) is 9.97 Å². The second-order valence-corrected chi connectivity index (χ2v) is 5.20. The molecule has 0 unspecified atom stereocenters. The van der Waals surface area contributed by atoms with Crippen molar-refractivity contribution in [1.82, 2.24) is 9.97 Å². The van der Waals surface area contributed by atoms with Crippen molar-refractivity contribution >= 4 is 11.8 Å². The van der Waals surface area contributed by atoms with Crippen LogP contribution in [-0.4, -0.2) is 36.1 Å². The van der Waals surface area contributed by atoms with Crippen molar-refractivity contribution in [1.29, 1.82) is 0 Å². The molecule has 0 spiro atoms. The highest BCUT2D eigenvalue weighted by atomic mass is 16.5. The molecule has 0 aromatic carbocycles. The number of rotatable bonds is 5. The monoisotopic (exact) mass is 277 g/mol. The Kier molecular flexibility index (Phi) is 4.93. The summed E-state index contributed by atoms with van der Waals surface area (Å²) in [6.45, 7) is 4.82. The van der Waals surface area contributed by atoms with Gasteiger partial charge in [0.05, 0.1) is 13.0 Å². The Morgan fingerprint density at radius 2 is 2.05 bits per heavy atom. The highest BCUT2D eigenvalue weighted by molar-refractivity contribution is 5.70. The smallest absolute Gasteiger partial charge is 0.307 e. The number of fused-ring (bicyclic) bond motifs is 1. The molecule has 5 nitrogen and oxygen atoms in total. The maximum absolute atomic E-state index is 11.5. The summed E-state index contributed by atoms with van der Waals surface area (Å²) in [5.41, 5.74) is 2.44. The van der Waals surface area contributed by atoms with Crippen LogP contribution < -0.4 is 4.90 Å². The predicted molar refractivity (Wildman–Crippen MR) is 77.9 cm³/mol. The predicted octanol–water partition coefficient (Wildman–Crippen LogP) is 2.05. The lowest BCUT2D eigenvalue weighted by Gasteiger charge is -2.25. The fourth-order valence-electron chi connectivity index (χ4n) is 2.61. The molecule has 0 amide bonds. The van der Waals surface area contributed by atoms with E-state index >= 15 is 0 Å². The minimum absolute atomic E-state index is 0.154. The second kappa shape index (κ2) is 6.68. The molecular weight excluding hydrogens is 254 g/mol. The summed E-state index contributed by atoms with van der Waals surface area (Å²) < 4.78 is 4.97. The van der Waals surface area contributed by atoms with Crippen LogP contribution in [0, 0.1) is 6.92 Å². The van der Waals surface area contributed by atoms with E-state index in [1.54, 1.807) is 0 Å². The first-order valence-electron chi connectivity index (χ1n) is 7.35. The molecule has 5 heteroatoms. The first-order valence-corrected chi connectivity index (χ1v) is 7.35. The second-order valence-electron chi connectivity index (χ2n) is 5.20. The van der Waals surface area contributed by atoms with Crippen LogP contribution >= 0.6 is 0 Å². The third-order valence-electron chi connectivity index (χ3n) is 3.59. The molecule has 0 atom stereocenters. The van der Waals surface area contributed by atoms with Gasteiger partial charge in [0.15, 0.2) is 0 Å². The standard InChI is InChI=1S/C15H23N3O2/c1-4-20-14(19)9-10-18(3)15-12-7-5-6-8-13(12)16-11(2)17-15/h4-10H2,1-3H3. The molecule has 1 heterocycles. The lowest BCUT2D eigenvalue weighted by molar-refractivity contribution is -0.142. The number of nitrogens with zero attached hydrogens (tertiary/aromatic N) is 3. The van der Waals surface area contributed by atoms with E-state index in [0.717, 1.165) is 24.5 Å². The molecule has 1 aliphatic rings. The van der Waals surface area contributed by atoms with Crippen LogP contribution in [0.4, 0.5) is 5.82 Å². The van der Waals surface area contributed by atoms with Gasteiger partial charge in [-0.3, -0.25) is 4.79 Å². The van der Waals surface area contributed by atoms with Gasteiger partial charge in [0.1, 0.15) is 11.6 Å². The molecule has 0 fully saturated rings. The first-order chi connectivity index (χ1) is 9.61. The van der Waals surface area contributed by atoms with Crippen LogP contribution in [0.25, 0.3) is 0 Å². The van der Waals surface area contributed by atoms with Gasteiger partial charge >= 0.3 is 5.97 Å². The summed E-state index contributed by atoms with van der Waals surface area (Å²) in [6, 6.07) is 0. The molecule has 2 rings (SSSR count). The van der Waals surface area contributed by atoms with E-state index in [1.807, 2.05) is 20.9 Å². The maximum atomic E-state index is 11.5. The van der Waals surface area contributed by atoms with Crippen LogP contribution in [0.3, 0.4) is 0 Å². The number of aryl methyl sites for hydroxylation is 2. The van der Waals surface area contributed by atoms with Gasteiger partial charge in [0.25, 0.3) is 0 Å². The highest BCUT2D eigenvalue weighted by Gasteiger charge is 2.19. The summed E-state index contributed by atoms with van der Waals surface area (Å²) >= 11 is 0. The number of anilines is 1. The van der Waals surface area contributed by atoms with E-state index in [9.17, 15) is 4.79 Å². The van der Waals surface area contributed by atoms with E-state index in [1.165, 1.54) is 24.1 Å². The number of esters is 1. The molecule has 0 bridgehead atoms. The minimum atomic E-state index is -0.154. The zero-order chi connectivity index (χ0) is 14.5. The van der Waals surface area contributed by atoms with Gasteiger partial charge in [-0.2, -0.15) is 0 Å². The molecule has 110 valence electrons. The Balaban J connectivity index is 2.11. The highest BCUT2D eigenvalue weighted by Crippen LogP contribution is 2.27. The van der Waals surface area contributed by atoms with Gasteiger partial charge in [0.2, 0.25) is 0 Å². The SMILES string of the molecule is CCOC(=O)CCN(C)c1nc(C)nc2c1CCCC2. The summed E-state index contributed by atoms with van der Waals surface area (Å²) in [5, 5.41) is 0. The topological polar surface area (TPSA) is 55.3 Å². The van der Waals surface area contributed by atoms with Crippen molar-refractivity contribution in [2.75, 3.05) is 25.1 Å². The van der Waals surface area contributed by atoms with E-state index in [-0.39, 0.29) is 5.97 Å². The molecule has 1 aromatic heterocycles. The van der Waals surface area contributed by atoms with Gasteiger partial charge in [-0.1, -0.05) is 0 Å². The summed E-state index contributed by atoms with van der Waals surface area (Å²) in [5.74, 6) is 1.64. The molecule has 0 N–H and O–H groups in total. The van der Waals surface area contributed by atoms with Gasteiger partial charge < -0.3 is 9.64 Å². The Labute approximate surface area is 120 Å². The maximum Gasteiger partial charge on any atom is 0.307 e. The average molecular weight is 277 g/mol. The van der Waals surface area contributed by atoms with Crippen LogP contribution in [0.1, 0.15) is 43.3 Å². The van der Waals surface area contributed by atoms with Crippen molar-refractivity contribution in [3.05, 3.63) is 17.1 Å². The Bertz CT molecular complexity index is 488. The Morgan fingerprint density at radius 3 is 2.80 bits per heavy atom. The van der Waals surface area contributed by atoms with Crippen molar-refractivity contribution in [2.45, 2.75) is 46.0 Å². The summed E-state index contributed by atoms with van der Waals surface area (Å²) in [4.78, 5) is 22.6. The molecule has 0 saturated carbocycles. The molecule has 1 aliphatic carbocycles. The molecule has 0 aliphatic heterocycles. The quantitative estimate of drug-likeness (QED) is 0.771. The first kappa shape index (κ1) is 14.8. The third kappa shape index (κ3) is 3.46. The van der Waals surface area contributed by atoms with E-state index < -0.39 is 0 Å². The number of hydrogen-bond donors (Lipinski definition) is 0.